The van der Waals surface area contributed by atoms with Gasteiger partial charge in [-0.1, -0.05) is 0 Å². The van der Waals surface area contributed by atoms with Gasteiger partial charge in [-0.2, -0.15) is 0 Å². The minimum absolute atomic E-state index is 0.334. The van der Waals surface area contributed by atoms with E-state index in [2.05, 4.69) is 17.3 Å². The third-order valence-corrected chi connectivity index (χ3v) is 3.79. The zero-order valence-corrected chi connectivity index (χ0v) is 12.3. The summed E-state index contributed by atoms with van der Waals surface area (Å²) in [4.78, 5) is 2.37. The topological polar surface area (TPSA) is 57.9 Å². The summed E-state index contributed by atoms with van der Waals surface area (Å²) in [6.07, 6.45) is 3.65. The molecule has 1 aliphatic rings. The lowest BCUT2D eigenvalue weighted by Crippen LogP contribution is -2.38. The molecule has 0 aliphatic carbocycles. The van der Waals surface area contributed by atoms with Crippen molar-refractivity contribution in [3.05, 3.63) is 24.2 Å². The standard InChI is InChI=1S/C15H26N2O3/c1-17-6-4-13(5-7-17)9-16-10-14(18)11-19-12-15-3-2-8-20-15/h2-3,8,13-14,16,18H,4-7,9-12H2,1H3. The molecule has 1 unspecified atom stereocenters. The van der Waals surface area contributed by atoms with E-state index in [0.29, 0.717) is 19.8 Å². The van der Waals surface area contributed by atoms with E-state index in [4.69, 9.17) is 9.15 Å². The molecule has 0 aromatic carbocycles. The number of hydrogen-bond donors (Lipinski definition) is 2. The summed E-state index contributed by atoms with van der Waals surface area (Å²) in [6, 6.07) is 3.70. The number of nitrogens with zero attached hydrogens (tertiary/aromatic N) is 1. The van der Waals surface area contributed by atoms with Crippen molar-refractivity contribution in [1.29, 1.82) is 0 Å². The number of rotatable bonds is 8. The van der Waals surface area contributed by atoms with Crippen molar-refractivity contribution in [1.82, 2.24) is 10.2 Å². The van der Waals surface area contributed by atoms with Crippen molar-refractivity contribution in [2.24, 2.45) is 5.92 Å². The lowest BCUT2D eigenvalue weighted by Gasteiger charge is -2.29. The lowest BCUT2D eigenvalue weighted by molar-refractivity contribution is 0.0221. The number of aliphatic hydroxyl groups is 1. The highest BCUT2D eigenvalue weighted by molar-refractivity contribution is 4.96. The second kappa shape index (κ2) is 8.42. The molecule has 2 N–H and O–H groups in total. The number of nitrogens with one attached hydrogen (secondary N) is 1. The summed E-state index contributed by atoms with van der Waals surface area (Å²) in [5, 5.41) is 13.2. The van der Waals surface area contributed by atoms with Gasteiger partial charge in [0, 0.05) is 6.54 Å². The minimum atomic E-state index is -0.462. The summed E-state index contributed by atoms with van der Waals surface area (Å²) in [5.41, 5.74) is 0. The van der Waals surface area contributed by atoms with Crippen molar-refractivity contribution < 1.29 is 14.3 Å². The summed E-state index contributed by atoms with van der Waals surface area (Å²) in [6.45, 7) is 4.69. The first-order valence-corrected chi connectivity index (χ1v) is 7.41. The van der Waals surface area contributed by atoms with Gasteiger partial charge in [-0.15, -0.1) is 0 Å². The summed E-state index contributed by atoms with van der Waals surface area (Å²) in [5.74, 6) is 1.53. The van der Waals surface area contributed by atoms with Gasteiger partial charge in [0.1, 0.15) is 12.4 Å². The maximum atomic E-state index is 9.82. The van der Waals surface area contributed by atoms with E-state index in [1.807, 2.05) is 12.1 Å². The molecule has 0 amide bonds. The molecule has 2 rings (SSSR count). The van der Waals surface area contributed by atoms with Crippen molar-refractivity contribution in [3.8, 4) is 0 Å². The Morgan fingerprint density at radius 2 is 2.30 bits per heavy atom. The summed E-state index contributed by atoms with van der Waals surface area (Å²) < 4.78 is 10.6. The Morgan fingerprint density at radius 1 is 1.50 bits per heavy atom. The molecule has 20 heavy (non-hydrogen) atoms. The predicted octanol–water partition coefficient (Wildman–Crippen LogP) is 1.09. The van der Waals surface area contributed by atoms with Gasteiger partial charge in [-0.05, 0) is 57.6 Å². The largest absolute Gasteiger partial charge is 0.467 e. The molecule has 1 aliphatic heterocycles. The molecule has 1 saturated heterocycles. The molecule has 1 aromatic rings. The zero-order valence-electron chi connectivity index (χ0n) is 12.3. The molecule has 1 aromatic heterocycles. The third kappa shape index (κ3) is 5.63. The van der Waals surface area contributed by atoms with Crippen LogP contribution in [0.3, 0.4) is 0 Å². The molecule has 5 nitrogen and oxygen atoms in total. The smallest absolute Gasteiger partial charge is 0.129 e. The van der Waals surface area contributed by atoms with E-state index < -0.39 is 6.10 Å². The molecular formula is C15H26N2O3. The Morgan fingerprint density at radius 3 is 3.00 bits per heavy atom. The van der Waals surface area contributed by atoms with Crippen LogP contribution in [-0.2, 0) is 11.3 Å². The summed E-state index contributed by atoms with van der Waals surface area (Å²) >= 11 is 0. The normalized spacial score (nSPS) is 19.3. The highest BCUT2D eigenvalue weighted by atomic mass is 16.5. The fourth-order valence-electron chi connectivity index (χ4n) is 2.47. The highest BCUT2D eigenvalue weighted by Gasteiger charge is 2.16. The molecule has 5 heteroatoms. The van der Waals surface area contributed by atoms with Gasteiger partial charge in [0.05, 0.1) is 19.0 Å². The fourth-order valence-corrected chi connectivity index (χ4v) is 2.47. The second-order valence-electron chi connectivity index (χ2n) is 5.65. The van der Waals surface area contributed by atoms with Crippen molar-refractivity contribution >= 4 is 0 Å². The van der Waals surface area contributed by atoms with Gasteiger partial charge in [0.15, 0.2) is 0 Å². The number of likely N-dealkylation sites (tertiary alicyclic amines) is 1. The van der Waals surface area contributed by atoms with Crippen LogP contribution >= 0.6 is 0 Å². The van der Waals surface area contributed by atoms with E-state index in [1.165, 1.54) is 25.9 Å². The van der Waals surface area contributed by atoms with E-state index >= 15 is 0 Å². The SMILES string of the molecule is CN1CCC(CNCC(O)COCc2ccco2)CC1. The Hall–Kier alpha value is -0.880. The van der Waals surface area contributed by atoms with Crippen LogP contribution in [0.25, 0.3) is 0 Å². The molecule has 0 saturated carbocycles. The van der Waals surface area contributed by atoms with Crippen molar-refractivity contribution in [2.75, 3.05) is 39.8 Å². The number of aliphatic hydroxyl groups excluding tert-OH is 1. The second-order valence-corrected chi connectivity index (χ2v) is 5.65. The first kappa shape index (κ1) is 15.5. The van der Waals surface area contributed by atoms with Gasteiger partial charge in [0.25, 0.3) is 0 Å². The van der Waals surface area contributed by atoms with Gasteiger partial charge in [-0.25, -0.2) is 0 Å². The maximum Gasteiger partial charge on any atom is 0.129 e. The van der Waals surface area contributed by atoms with Crippen LogP contribution in [0, 0.1) is 5.92 Å². The number of furan rings is 1. The van der Waals surface area contributed by atoms with Crippen LogP contribution in [-0.4, -0.2) is 55.9 Å². The highest BCUT2D eigenvalue weighted by Crippen LogP contribution is 2.14. The average Bonchev–Trinajstić information content (AvgIpc) is 2.94. The molecule has 1 atom stereocenters. The molecule has 114 valence electrons. The minimum Gasteiger partial charge on any atom is -0.467 e. The average molecular weight is 282 g/mol. The van der Waals surface area contributed by atoms with Crippen molar-refractivity contribution in [2.45, 2.75) is 25.6 Å². The molecule has 0 bridgehead atoms. The van der Waals surface area contributed by atoms with Crippen LogP contribution in [0.5, 0.6) is 0 Å². The van der Waals surface area contributed by atoms with E-state index in [1.54, 1.807) is 6.26 Å². The zero-order chi connectivity index (χ0) is 14.2. The lowest BCUT2D eigenvalue weighted by atomic mass is 9.97. The Labute approximate surface area is 120 Å². The van der Waals surface area contributed by atoms with Gasteiger partial charge < -0.3 is 24.5 Å². The monoisotopic (exact) mass is 282 g/mol. The van der Waals surface area contributed by atoms with Crippen LogP contribution in [0.15, 0.2) is 22.8 Å². The molecule has 2 heterocycles. The molecule has 0 spiro atoms. The first-order chi connectivity index (χ1) is 9.74. The molecular weight excluding hydrogens is 256 g/mol. The Balaban J connectivity index is 1.48. The first-order valence-electron chi connectivity index (χ1n) is 7.41. The van der Waals surface area contributed by atoms with E-state index in [9.17, 15) is 5.11 Å². The number of hydrogen-bond acceptors (Lipinski definition) is 5. The van der Waals surface area contributed by atoms with E-state index in [-0.39, 0.29) is 0 Å². The van der Waals surface area contributed by atoms with Crippen LogP contribution < -0.4 is 5.32 Å². The Kier molecular flexibility index (Phi) is 6.53. The Bertz CT molecular complexity index is 348. The quantitative estimate of drug-likeness (QED) is 0.747. The van der Waals surface area contributed by atoms with Crippen molar-refractivity contribution in [3.63, 3.8) is 0 Å². The van der Waals surface area contributed by atoms with E-state index in [0.717, 1.165) is 18.2 Å². The molecule has 1 fully saturated rings. The number of ether oxygens (including phenoxy) is 1. The molecule has 0 radical (unpaired) electrons. The third-order valence-electron chi connectivity index (χ3n) is 3.79. The van der Waals surface area contributed by atoms with Gasteiger partial charge in [-0.3, -0.25) is 0 Å². The van der Waals surface area contributed by atoms with Crippen LogP contribution in [0.2, 0.25) is 0 Å². The van der Waals surface area contributed by atoms with Crippen LogP contribution in [0.4, 0.5) is 0 Å². The van der Waals surface area contributed by atoms with Crippen LogP contribution in [0.1, 0.15) is 18.6 Å². The predicted molar refractivity (Wildman–Crippen MR) is 77.5 cm³/mol. The maximum absolute atomic E-state index is 9.82. The fraction of sp³-hybridized carbons (Fsp3) is 0.733. The summed E-state index contributed by atoms with van der Waals surface area (Å²) in [7, 11) is 2.17. The van der Waals surface area contributed by atoms with Gasteiger partial charge in [0.2, 0.25) is 0 Å². The van der Waals surface area contributed by atoms with Gasteiger partial charge >= 0.3 is 0 Å². The number of piperidine rings is 1.